The van der Waals surface area contributed by atoms with Crippen molar-refractivity contribution in [2.24, 2.45) is 0 Å². The maximum atomic E-state index is 14.2. The molecule has 2 amide bonds. The molecule has 2 unspecified atom stereocenters. The molecular weight excluding hydrogens is 325 g/mol. The zero-order valence-electron chi connectivity index (χ0n) is 13.9. The van der Waals surface area contributed by atoms with Crippen LogP contribution < -0.4 is 10.6 Å². The Morgan fingerprint density at radius 1 is 1.12 bits per heavy atom. The van der Waals surface area contributed by atoms with Crippen LogP contribution in [0.4, 0.5) is 4.39 Å². The molecule has 1 aromatic rings. The molecule has 3 heterocycles. The van der Waals surface area contributed by atoms with Gasteiger partial charge in [-0.3, -0.25) is 19.8 Å². The molecule has 0 saturated carbocycles. The minimum Gasteiger partial charge on any atom is -0.374 e. The van der Waals surface area contributed by atoms with E-state index < -0.39 is 12.3 Å². The van der Waals surface area contributed by atoms with Gasteiger partial charge >= 0.3 is 0 Å². The molecule has 2 fully saturated rings. The van der Waals surface area contributed by atoms with E-state index in [1.165, 1.54) is 6.07 Å². The van der Waals surface area contributed by atoms with Crippen LogP contribution in [0, 0.1) is 5.82 Å². The lowest BCUT2D eigenvalue weighted by Crippen LogP contribution is -2.51. The number of nitrogens with zero attached hydrogens (tertiary/aromatic N) is 1. The topological polar surface area (TPSA) is 81.7 Å². The molecule has 2 saturated heterocycles. The molecule has 4 rings (SSSR count). The second-order valence-corrected chi connectivity index (χ2v) is 7.10. The molecule has 3 aliphatic heterocycles. The first-order chi connectivity index (χ1) is 12.0. The zero-order chi connectivity index (χ0) is 17.6. The first kappa shape index (κ1) is 16.6. The van der Waals surface area contributed by atoms with E-state index in [-0.39, 0.29) is 30.0 Å². The smallest absolute Gasteiger partial charge is 0.244 e. The Morgan fingerprint density at radius 3 is 2.56 bits per heavy atom. The number of carbonyl (C=O) groups is 2. The molecule has 0 spiro atoms. The lowest BCUT2D eigenvalue weighted by molar-refractivity contribution is -0.141. The van der Waals surface area contributed by atoms with Crippen LogP contribution in [0.25, 0.3) is 0 Å². The summed E-state index contributed by atoms with van der Waals surface area (Å²) in [5.74, 6) is -0.753. The van der Waals surface area contributed by atoms with Crippen molar-refractivity contribution in [1.29, 1.82) is 0 Å². The third-order valence-electron chi connectivity index (χ3n) is 5.61. The second-order valence-electron chi connectivity index (χ2n) is 7.10. The quantitative estimate of drug-likeness (QED) is 0.693. The zero-order valence-corrected chi connectivity index (χ0v) is 13.9. The molecular formula is C18H22FN3O3. The third-order valence-corrected chi connectivity index (χ3v) is 5.61. The highest BCUT2D eigenvalue weighted by molar-refractivity contribution is 6.00. The van der Waals surface area contributed by atoms with Crippen LogP contribution in [-0.2, 0) is 16.1 Å². The number of nitrogens with one attached hydrogen (secondary N) is 2. The van der Waals surface area contributed by atoms with Gasteiger partial charge in [0.2, 0.25) is 11.8 Å². The Hall–Kier alpha value is -1.83. The summed E-state index contributed by atoms with van der Waals surface area (Å²) in [7, 11) is 0. The number of halogens is 1. The van der Waals surface area contributed by atoms with Gasteiger partial charge in [0.1, 0.15) is 12.0 Å². The molecule has 0 radical (unpaired) electrons. The Bertz CT molecular complexity index is 718. The van der Waals surface area contributed by atoms with Crippen molar-refractivity contribution in [3.05, 3.63) is 34.6 Å². The van der Waals surface area contributed by atoms with E-state index in [2.05, 4.69) is 10.6 Å². The molecule has 0 aliphatic carbocycles. The third kappa shape index (κ3) is 2.96. The van der Waals surface area contributed by atoms with Gasteiger partial charge in [0, 0.05) is 18.5 Å². The number of aliphatic hydroxyl groups excluding tert-OH is 1. The highest BCUT2D eigenvalue weighted by atomic mass is 19.1. The Kier molecular flexibility index (Phi) is 4.31. The molecule has 1 aromatic carbocycles. The summed E-state index contributed by atoms with van der Waals surface area (Å²) in [5, 5.41) is 16.3. The fourth-order valence-corrected chi connectivity index (χ4v) is 4.32. The lowest BCUT2D eigenvalue weighted by atomic mass is 9.86. The number of carbonyl (C=O) groups excluding carboxylic acids is 2. The van der Waals surface area contributed by atoms with Crippen molar-refractivity contribution in [2.45, 2.75) is 50.4 Å². The molecule has 6 nitrogen and oxygen atoms in total. The van der Waals surface area contributed by atoms with Gasteiger partial charge in [-0.2, -0.15) is 0 Å². The van der Waals surface area contributed by atoms with Crippen molar-refractivity contribution in [1.82, 2.24) is 15.5 Å². The Balaban J connectivity index is 1.65. The molecule has 3 aliphatic rings. The van der Waals surface area contributed by atoms with Crippen LogP contribution in [0.5, 0.6) is 0 Å². The SMILES string of the molecule is O=C1CCC(N2Cc3c(C4CCNCC4)cc(F)cc3C2O)C(=O)N1. The number of piperidine rings is 2. The van der Waals surface area contributed by atoms with Crippen LogP contribution in [0.1, 0.15) is 54.5 Å². The number of rotatable bonds is 2. The van der Waals surface area contributed by atoms with Gasteiger partial charge in [-0.1, -0.05) is 0 Å². The molecule has 7 heteroatoms. The maximum absolute atomic E-state index is 14.2. The molecule has 2 atom stereocenters. The average molecular weight is 347 g/mol. The first-order valence-corrected chi connectivity index (χ1v) is 8.85. The minimum absolute atomic E-state index is 0.255. The number of hydrogen-bond acceptors (Lipinski definition) is 5. The molecule has 0 aromatic heterocycles. The van der Waals surface area contributed by atoms with Gasteiger partial charge in [0.05, 0.1) is 6.04 Å². The summed E-state index contributed by atoms with van der Waals surface area (Å²) < 4.78 is 14.2. The Morgan fingerprint density at radius 2 is 1.84 bits per heavy atom. The largest absolute Gasteiger partial charge is 0.374 e. The molecule has 0 bridgehead atoms. The predicted octanol–water partition coefficient (Wildman–Crippen LogP) is 0.904. The predicted molar refractivity (Wildman–Crippen MR) is 87.9 cm³/mol. The summed E-state index contributed by atoms with van der Waals surface area (Å²) in [5.41, 5.74) is 2.44. The van der Waals surface area contributed by atoms with Crippen LogP contribution in [0.2, 0.25) is 0 Å². The summed E-state index contributed by atoms with van der Waals surface area (Å²) in [4.78, 5) is 25.2. The normalized spacial score (nSPS) is 28.1. The maximum Gasteiger partial charge on any atom is 0.244 e. The van der Waals surface area contributed by atoms with E-state index in [0.717, 1.165) is 37.1 Å². The fraction of sp³-hybridized carbons (Fsp3) is 0.556. The van der Waals surface area contributed by atoms with Crippen LogP contribution in [0.15, 0.2) is 12.1 Å². The Labute approximate surface area is 145 Å². The van der Waals surface area contributed by atoms with Gasteiger partial charge in [0.25, 0.3) is 0 Å². The van der Waals surface area contributed by atoms with Gasteiger partial charge in [-0.25, -0.2) is 4.39 Å². The van der Waals surface area contributed by atoms with Crippen molar-refractivity contribution < 1.29 is 19.1 Å². The van der Waals surface area contributed by atoms with E-state index in [1.54, 1.807) is 11.0 Å². The van der Waals surface area contributed by atoms with Crippen molar-refractivity contribution in [3.63, 3.8) is 0 Å². The standard InChI is InChI=1S/C18H22FN3O3/c19-11-7-12(10-3-5-20-6-4-10)14-9-22(18(25)13(14)8-11)15-1-2-16(23)21-17(15)24/h7-8,10,15,18,20,25H,1-6,9H2,(H,21,23,24). The molecule has 3 N–H and O–H groups in total. The van der Waals surface area contributed by atoms with E-state index in [9.17, 15) is 19.1 Å². The van der Waals surface area contributed by atoms with E-state index in [1.807, 2.05) is 0 Å². The summed E-state index contributed by atoms with van der Waals surface area (Å²) in [6.45, 7) is 2.20. The highest BCUT2D eigenvalue weighted by Gasteiger charge is 2.41. The monoisotopic (exact) mass is 347 g/mol. The van der Waals surface area contributed by atoms with Crippen molar-refractivity contribution >= 4 is 11.8 Å². The summed E-state index contributed by atoms with van der Waals surface area (Å²) >= 11 is 0. The fourth-order valence-electron chi connectivity index (χ4n) is 4.32. The molecule has 25 heavy (non-hydrogen) atoms. The lowest BCUT2D eigenvalue weighted by Gasteiger charge is -2.31. The van der Waals surface area contributed by atoms with E-state index in [4.69, 9.17) is 0 Å². The van der Waals surface area contributed by atoms with E-state index >= 15 is 0 Å². The van der Waals surface area contributed by atoms with Gasteiger partial charge in [0.15, 0.2) is 0 Å². The van der Waals surface area contributed by atoms with Crippen LogP contribution in [-0.4, -0.2) is 41.0 Å². The van der Waals surface area contributed by atoms with Crippen LogP contribution >= 0.6 is 0 Å². The number of imide groups is 1. The second kappa shape index (κ2) is 6.48. The highest BCUT2D eigenvalue weighted by Crippen LogP contribution is 2.41. The van der Waals surface area contributed by atoms with Crippen LogP contribution in [0.3, 0.4) is 0 Å². The number of amides is 2. The van der Waals surface area contributed by atoms with Gasteiger partial charge in [-0.05, 0) is 61.5 Å². The van der Waals surface area contributed by atoms with Crippen molar-refractivity contribution in [3.8, 4) is 0 Å². The number of fused-ring (bicyclic) bond motifs is 1. The summed E-state index contributed by atoms with van der Waals surface area (Å²) in [6.07, 6.45) is 1.48. The number of aliphatic hydroxyl groups is 1. The van der Waals surface area contributed by atoms with Gasteiger partial charge < -0.3 is 10.4 Å². The van der Waals surface area contributed by atoms with Gasteiger partial charge in [-0.15, -0.1) is 0 Å². The minimum atomic E-state index is -1.02. The first-order valence-electron chi connectivity index (χ1n) is 8.85. The average Bonchev–Trinajstić information content (AvgIpc) is 2.92. The summed E-state index contributed by atoms with van der Waals surface area (Å²) in [6, 6.07) is 2.38. The number of hydrogen-bond donors (Lipinski definition) is 3. The van der Waals surface area contributed by atoms with Crippen molar-refractivity contribution in [2.75, 3.05) is 13.1 Å². The number of benzene rings is 1. The molecule has 134 valence electrons. The van der Waals surface area contributed by atoms with E-state index in [0.29, 0.717) is 18.5 Å².